The van der Waals surface area contributed by atoms with E-state index < -0.39 is 17.5 Å². The molecule has 0 aliphatic carbocycles. The Hall–Kier alpha value is -1.60. The minimum Gasteiger partial charge on any atom is -0.480 e. The third kappa shape index (κ3) is 3.10. The molecule has 0 bridgehead atoms. The van der Waals surface area contributed by atoms with Gasteiger partial charge in [0.15, 0.2) is 0 Å². The molecule has 20 heavy (non-hydrogen) atoms. The molecule has 0 aromatic heterocycles. The number of carbonyl (C=O) groups excluding carboxylic acids is 1. The highest BCUT2D eigenvalue weighted by Crippen LogP contribution is 2.33. The van der Waals surface area contributed by atoms with Gasteiger partial charge in [-0.15, -0.1) is 0 Å². The average Bonchev–Trinajstić information content (AvgIpc) is 2.33. The standard InChI is InChI=1S/C13H15BrN2O4/c1-13(20-5-11(17)18)6-16(7-13)10-3-2-8(14)4-9(10)12(15)19/h2-4H,5-7H2,1H3,(H2,15,19)(H,17,18). The second-order valence-corrected chi connectivity index (χ2v) is 5.93. The van der Waals surface area contributed by atoms with Gasteiger partial charge in [0.1, 0.15) is 12.2 Å². The van der Waals surface area contributed by atoms with Gasteiger partial charge in [-0.2, -0.15) is 0 Å². The Morgan fingerprint density at radius 1 is 1.50 bits per heavy atom. The van der Waals surface area contributed by atoms with Gasteiger partial charge < -0.3 is 20.5 Å². The lowest BCUT2D eigenvalue weighted by molar-refractivity contribution is -0.150. The van der Waals surface area contributed by atoms with Crippen molar-refractivity contribution in [2.75, 3.05) is 24.6 Å². The molecule has 7 heteroatoms. The van der Waals surface area contributed by atoms with Crippen molar-refractivity contribution in [1.29, 1.82) is 0 Å². The quantitative estimate of drug-likeness (QED) is 0.839. The van der Waals surface area contributed by atoms with Crippen molar-refractivity contribution in [3.63, 3.8) is 0 Å². The number of hydrogen-bond donors (Lipinski definition) is 2. The number of nitrogens with zero attached hydrogens (tertiary/aromatic N) is 1. The van der Waals surface area contributed by atoms with Crippen LogP contribution in [0.5, 0.6) is 0 Å². The maximum atomic E-state index is 11.5. The summed E-state index contributed by atoms with van der Waals surface area (Å²) in [6.45, 7) is 2.55. The fraction of sp³-hybridized carbons (Fsp3) is 0.385. The second kappa shape index (κ2) is 5.41. The normalized spacial score (nSPS) is 16.6. The largest absolute Gasteiger partial charge is 0.480 e. The number of nitrogens with two attached hydrogens (primary N) is 1. The van der Waals surface area contributed by atoms with Crippen LogP contribution in [0.15, 0.2) is 22.7 Å². The molecule has 0 unspecified atom stereocenters. The monoisotopic (exact) mass is 342 g/mol. The number of primary amides is 1. The van der Waals surface area contributed by atoms with Gasteiger partial charge >= 0.3 is 5.97 Å². The van der Waals surface area contributed by atoms with Crippen molar-refractivity contribution in [3.8, 4) is 0 Å². The van der Waals surface area contributed by atoms with Gasteiger partial charge in [-0.3, -0.25) is 4.79 Å². The molecule has 1 aromatic rings. The molecule has 1 aromatic carbocycles. The van der Waals surface area contributed by atoms with Gasteiger partial charge in [-0.25, -0.2) is 4.79 Å². The van der Waals surface area contributed by atoms with E-state index in [0.29, 0.717) is 18.7 Å². The third-order valence-electron chi connectivity index (χ3n) is 3.16. The molecule has 2 rings (SSSR count). The number of ether oxygens (including phenoxy) is 1. The van der Waals surface area contributed by atoms with Crippen LogP contribution in [0.2, 0.25) is 0 Å². The predicted molar refractivity (Wildman–Crippen MR) is 76.9 cm³/mol. The predicted octanol–water partition coefficient (Wildman–Crippen LogP) is 1.23. The first-order valence-corrected chi connectivity index (χ1v) is 6.80. The highest BCUT2D eigenvalue weighted by Gasteiger charge is 2.41. The molecular weight excluding hydrogens is 328 g/mol. The number of carbonyl (C=O) groups is 2. The van der Waals surface area contributed by atoms with Crippen molar-refractivity contribution in [2.24, 2.45) is 5.73 Å². The van der Waals surface area contributed by atoms with Gasteiger partial charge in [0.25, 0.3) is 5.91 Å². The molecule has 0 atom stereocenters. The van der Waals surface area contributed by atoms with Crippen molar-refractivity contribution in [2.45, 2.75) is 12.5 Å². The molecule has 0 spiro atoms. The van der Waals surface area contributed by atoms with E-state index in [1.807, 2.05) is 17.9 Å². The summed E-state index contributed by atoms with van der Waals surface area (Å²) < 4.78 is 6.11. The lowest BCUT2D eigenvalue weighted by atomic mass is 9.94. The van der Waals surface area contributed by atoms with Crippen LogP contribution in [-0.4, -0.2) is 42.3 Å². The van der Waals surface area contributed by atoms with Gasteiger partial charge in [-0.05, 0) is 25.1 Å². The molecule has 108 valence electrons. The summed E-state index contributed by atoms with van der Waals surface area (Å²) in [5, 5.41) is 8.62. The minimum atomic E-state index is -0.994. The summed E-state index contributed by atoms with van der Waals surface area (Å²) in [5.41, 5.74) is 6.02. The lowest BCUT2D eigenvalue weighted by Gasteiger charge is -2.49. The third-order valence-corrected chi connectivity index (χ3v) is 3.65. The van der Waals surface area contributed by atoms with E-state index >= 15 is 0 Å². The summed E-state index contributed by atoms with van der Waals surface area (Å²) in [6.07, 6.45) is 0. The Kier molecular flexibility index (Phi) is 4.01. The van der Waals surface area contributed by atoms with E-state index in [1.54, 1.807) is 12.1 Å². The van der Waals surface area contributed by atoms with E-state index in [1.165, 1.54) is 0 Å². The van der Waals surface area contributed by atoms with Crippen LogP contribution in [0.25, 0.3) is 0 Å². The first-order chi connectivity index (χ1) is 9.31. The number of hydrogen-bond acceptors (Lipinski definition) is 4. The summed E-state index contributed by atoms with van der Waals surface area (Å²) >= 11 is 3.30. The summed E-state index contributed by atoms with van der Waals surface area (Å²) in [5.74, 6) is -1.49. The molecule has 1 heterocycles. The molecule has 1 saturated heterocycles. The van der Waals surface area contributed by atoms with Crippen molar-refractivity contribution < 1.29 is 19.4 Å². The van der Waals surface area contributed by atoms with Crippen LogP contribution < -0.4 is 10.6 Å². The first-order valence-electron chi connectivity index (χ1n) is 6.01. The molecule has 1 aliphatic heterocycles. The summed E-state index contributed by atoms with van der Waals surface area (Å²) in [4.78, 5) is 23.9. The fourth-order valence-corrected chi connectivity index (χ4v) is 2.60. The maximum Gasteiger partial charge on any atom is 0.329 e. The number of aliphatic carboxylic acids is 1. The van der Waals surface area contributed by atoms with E-state index in [9.17, 15) is 9.59 Å². The number of carboxylic acids is 1. The lowest BCUT2D eigenvalue weighted by Crippen LogP contribution is -2.62. The maximum absolute atomic E-state index is 11.5. The number of rotatable bonds is 5. The van der Waals surface area contributed by atoms with E-state index in [2.05, 4.69) is 15.9 Å². The van der Waals surface area contributed by atoms with Gasteiger partial charge in [0, 0.05) is 23.2 Å². The first kappa shape index (κ1) is 14.8. The van der Waals surface area contributed by atoms with Crippen molar-refractivity contribution >= 4 is 33.5 Å². The van der Waals surface area contributed by atoms with Gasteiger partial charge in [0.05, 0.1) is 5.56 Å². The molecule has 6 nitrogen and oxygen atoms in total. The number of halogens is 1. The fourth-order valence-electron chi connectivity index (χ4n) is 2.24. The Morgan fingerprint density at radius 2 is 2.15 bits per heavy atom. The topological polar surface area (TPSA) is 92.9 Å². The van der Waals surface area contributed by atoms with Crippen LogP contribution in [0, 0.1) is 0 Å². The Balaban J connectivity index is 2.09. The van der Waals surface area contributed by atoms with Gasteiger partial charge in [0.2, 0.25) is 0 Å². The van der Waals surface area contributed by atoms with Crippen molar-refractivity contribution in [3.05, 3.63) is 28.2 Å². The van der Waals surface area contributed by atoms with Crippen LogP contribution in [0.4, 0.5) is 5.69 Å². The SMILES string of the molecule is CC1(OCC(=O)O)CN(c2ccc(Br)cc2C(N)=O)C1. The minimum absolute atomic E-state index is 0.326. The zero-order valence-corrected chi connectivity index (χ0v) is 12.5. The van der Waals surface area contributed by atoms with Crippen LogP contribution >= 0.6 is 15.9 Å². The van der Waals surface area contributed by atoms with E-state index in [-0.39, 0.29) is 6.61 Å². The zero-order chi connectivity index (χ0) is 14.9. The highest BCUT2D eigenvalue weighted by atomic mass is 79.9. The van der Waals surface area contributed by atoms with Crippen LogP contribution in [0.1, 0.15) is 17.3 Å². The second-order valence-electron chi connectivity index (χ2n) is 5.01. The summed E-state index contributed by atoms with van der Waals surface area (Å²) in [7, 11) is 0. The molecule has 0 radical (unpaired) electrons. The smallest absolute Gasteiger partial charge is 0.329 e. The molecular formula is C13H15BrN2O4. The molecule has 1 fully saturated rings. The van der Waals surface area contributed by atoms with Crippen molar-refractivity contribution in [1.82, 2.24) is 0 Å². The Labute approximate surface area is 124 Å². The zero-order valence-electron chi connectivity index (χ0n) is 10.9. The number of amides is 1. The molecule has 1 aliphatic rings. The van der Waals surface area contributed by atoms with E-state index in [4.69, 9.17) is 15.6 Å². The number of carboxylic acid groups (broad SMARTS) is 1. The molecule has 0 saturated carbocycles. The Bertz CT molecular complexity index is 555. The van der Waals surface area contributed by atoms with Crippen LogP contribution in [0.3, 0.4) is 0 Å². The van der Waals surface area contributed by atoms with E-state index in [0.717, 1.165) is 10.2 Å². The highest BCUT2D eigenvalue weighted by molar-refractivity contribution is 9.10. The van der Waals surface area contributed by atoms with Gasteiger partial charge in [-0.1, -0.05) is 15.9 Å². The number of benzene rings is 1. The molecule has 3 N–H and O–H groups in total. The Morgan fingerprint density at radius 3 is 2.70 bits per heavy atom. The van der Waals surface area contributed by atoms with Crippen LogP contribution in [-0.2, 0) is 9.53 Å². The summed E-state index contributed by atoms with van der Waals surface area (Å²) in [6, 6.07) is 5.31. The molecule has 1 amide bonds. The average molecular weight is 343 g/mol. The number of anilines is 1.